The number of hydrogen-bond acceptors (Lipinski definition) is 3. The van der Waals surface area contributed by atoms with Gasteiger partial charge in [-0.25, -0.2) is 0 Å². The van der Waals surface area contributed by atoms with Gasteiger partial charge >= 0.3 is 0 Å². The summed E-state index contributed by atoms with van der Waals surface area (Å²) in [4.78, 5) is 0. The summed E-state index contributed by atoms with van der Waals surface area (Å²) in [5.41, 5.74) is 1.77. The highest BCUT2D eigenvalue weighted by molar-refractivity contribution is 5.49. The molecule has 0 amide bonds. The lowest BCUT2D eigenvalue weighted by Gasteiger charge is -2.14. The zero-order valence-corrected chi connectivity index (χ0v) is 9.99. The molecular weight excluding hydrogens is 204 g/mol. The SMILES string of the molecule is C/C=C/Cc1c(OC)ccc(OC)c1CO. The van der Waals surface area contributed by atoms with Crippen LogP contribution in [-0.2, 0) is 13.0 Å². The maximum absolute atomic E-state index is 9.39. The van der Waals surface area contributed by atoms with Crippen molar-refractivity contribution < 1.29 is 14.6 Å². The van der Waals surface area contributed by atoms with Crippen LogP contribution in [-0.4, -0.2) is 19.3 Å². The molecule has 0 saturated heterocycles. The Balaban J connectivity index is 3.24. The minimum absolute atomic E-state index is 0.0484. The average Bonchev–Trinajstić information content (AvgIpc) is 2.34. The van der Waals surface area contributed by atoms with Gasteiger partial charge < -0.3 is 14.6 Å². The van der Waals surface area contributed by atoms with E-state index in [4.69, 9.17) is 9.47 Å². The van der Waals surface area contributed by atoms with Gasteiger partial charge in [-0.3, -0.25) is 0 Å². The third kappa shape index (κ3) is 2.55. The van der Waals surface area contributed by atoms with Crippen LogP contribution in [0.15, 0.2) is 24.3 Å². The number of aliphatic hydroxyl groups excluding tert-OH is 1. The van der Waals surface area contributed by atoms with Crippen LogP contribution in [0.1, 0.15) is 18.1 Å². The summed E-state index contributed by atoms with van der Waals surface area (Å²) in [6, 6.07) is 3.67. The van der Waals surface area contributed by atoms with Gasteiger partial charge in [0.15, 0.2) is 0 Å². The maximum Gasteiger partial charge on any atom is 0.124 e. The third-order valence-electron chi connectivity index (χ3n) is 2.50. The fourth-order valence-electron chi connectivity index (χ4n) is 1.67. The lowest BCUT2D eigenvalue weighted by Crippen LogP contribution is -2.01. The molecular formula is C13H18O3. The first-order valence-electron chi connectivity index (χ1n) is 5.23. The molecule has 0 spiro atoms. The van der Waals surface area contributed by atoms with Crippen molar-refractivity contribution in [3.8, 4) is 11.5 Å². The zero-order chi connectivity index (χ0) is 12.0. The van der Waals surface area contributed by atoms with Gasteiger partial charge in [-0.05, 0) is 25.5 Å². The molecule has 0 aromatic heterocycles. The Kier molecular flexibility index (Phi) is 4.86. The highest BCUT2D eigenvalue weighted by atomic mass is 16.5. The van der Waals surface area contributed by atoms with Crippen molar-refractivity contribution >= 4 is 0 Å². The van der Waals surface area contributed by atoms with Crippen LogP contribution in [0, 0.1) is 0 Å². The lowest BCUT2D eigenvalue weighted by atomic mass is 10.0. The fourth-order valence-corrected chi connectivity index (χ4v) is 1.67. The minimum Gasteiger partial charge on any atom is -0.496 e. The van der Waals surface area contributed by atoms with E-state index in [0.717, 1.165) is 23.3 Å². The third-order valence-corrected chi connectivity index (χ3v) is 2.50. The van der Waals surface area contributed by atoms with Crippen LogP contribution in [0.5, 0.6) is 11.5 Å². The number of hydrogen-bond donors (Lipinski definition) is 1. The van der Waals surface area contributed by atoms with Crippen LogP contribution in [0.4, 0.5) is 0 Å². The van der Waals surface area contributed by atoms with E-state index in [0.29, 0.717) is 5.75 Å². The Morgan fingerprint density at radius 3 is 2.12 bits per heavy atom. The van der Waals surface area contributed by atoms with Crippen LogP contribution >= 0.6 is 0 Å². The van der Waals surface area contributed by atoms with E-state index < -0.39 is 0 Å². The normalized spacial score (nSPS) is 10.8. The summed E-state index contributed by atoms with van der Waals surface area (Å²) in [5, 5.41) is 9.39. The summed E-state index contributed by atoms with van der Waals surface area (Å²) in [5.74, 6) is 1.48. The van der Waals surface area contributed by atoms with Gasteiger partial charge in [-0.15, -0.1) is 0 Å². The second-order valence-electron chi connectivity index (χ2n) is 3.36. The second-order valence-corrected chi connectivity index (χ2v) is 3.36. The quantitative estimate of drug-likeness (QED) is 0.777. The Bertz CT molecular complexity index is 370. The molecule has 0 aliphatic heterocycles. The smallest absolute Gasteiger partial charge is 0.124 e. The molecule has 1 rings (SSSR count). The van der Waals surface area contributed by atoms with Crippen molar-refractivity contribution in [2.24, 2.45) is 0 Å². The molecule has 0 bridgehead atoms. The molecule has 0 heterocycles. The molecule has 0 radical (unpaired) electrons. The van der Waals surface area contributed by atoms with Crippen molar-refractivity contribution in [2.75, 3.05) is 14.2 Å². The number of benzene rings is 1. The monoisotopic (exact) mass is 222 g/mol. The summed E-state index contributed by atoms with van der Waals surface area (Å²) < 4.78 is 10.5. The molecule has 0 atom stereocenters. The van der Waals surface area contributed by atoms with Crippen molar-refractivity contribution in [1.82, 2.24) is 0 Å². The maximum atomic E-state index is 9.39. The summed E-state index contributed by atoms with van der Waals surface area (Å²) in [6.07, 6.45) is 4.73. The van der Waals surface area contributed by atoms with Crippen LogP contribution in [0.3, 0.4) is 0 Å². The number of methoxy groups -OCH3 is 2. The summed E-state index contributed by atoms with van der Waals surface area (Å²) in [6.45, 7) is 1.92. The largest absolute Gasteiger partial charge is 0.496 e. The van der Waals surface area contributed by atoms with Gasteiger partial charge in [0.1, 0.15) is 11.5 Å². The second kappa shape index (κ2) is 6.18. The molecule has 0 unspecified atom stereocenters. The minimum atomic E-state index is -0.0484. The first kappa shape index (κ1) is 12.6. The summed E-state index contributed by atoms with van der Waals surface area (Å²) in [7, 11) is 3.22. The van der Waals surface area contributed by atoms with E-state index in [1.165, 1.54) is 0 Å². The predicted octanol–water partition coefficient (Wildman–Crippen LogP) is 2.31. The van der Waals surface area contributed by atoms with Crippen LogP contribution in [0.2, 0.25) is 0 Å². The van der Waals surface area contributed by atoms with E-state index in [2.05, 4.69) is 0 Å². The van der Waals surface area contributed by atoms with Gasteiger partial charge in [0.05, 0.1) is 20.8 Å². The Morgan fingerprint density at radius 1 is 1.12 bits per heavy atom. The molecule has 3 nitrogen and oxygen atoms in total. The van der Waals surface area contributed by atoms with Gasteiger partial charge in [0, 0.05) is 11.1 Å². The molecule has 0 fully saturated rings. The van der Waals surface area contributed by atoms with Crippen molar-refractivity contribution in [3.63, 3.8) is 0 Å². The molecule has 1 aromatic rings. The average molecular weight is 222 g/mol. The van der Waals surface area contributed by atoms with E-state index in [1.54, 1.807) is 14.2 Å². The van der Waals surface area contributed by atoms with Crippen molar-refractivity contribution in [2.45, 2.75) is 20.0 Å². The molecule has 1 N–H and O–H groups in total. The zero-order valence-electron chi connectivity index (χ0n) is 9.99. The molecule has 0 saturated carbocycles. The van der Waals surface area contributed by atoms with E-state index >= 15 is 0 Å². The van der Waals surface area contributed by atoms with Crippen LogP contribution < -0.4 is 9.47 Å². The number of allylic oxidation sites excluding steroid dienone is 2. The fraction of sp³-hybridized carbons (Fsp3) is 0.385. The molecule has 16 heavy (non-hydrogen) atoms. The highest BCUT2D eigenvalue weighted by Crippen LogP contribution is 2.31. The van der Waals surface area contributed by atoms with E-state index in [1.807, 2.05) is 31.2 Å². The van der Waals surface area contributed by atoms with Gasteiger partial charge in [-0.2, -0.15) is 0 Å². The van der Waals surface area contributed by atoms with Gasteiger partial charge in [0.25, 0.3) is 0 Å². The van der Waals surface area contributed by atoms with E-state index in [-0.39, 0.29) is 6.61 Å². The Morgan fingerprint density at radius 2 is 1.69 bits per heavy atom. The highest BCUT2D eigenvalue weighted by Gasteiger charge is 2.12. The standard InChI is InChI=1S/C13H18O3/c1-4-5-6-10-11(9-14)13(16-3)8-7-12(10)15-2/h4-5,7-8,14H,6,9H2,1-3H3/b5-4+. The van der Waals surface area contributed by atoms with Crippen LogP contribution in [0.25, 0.3) is 0 Å². The Labute approximate surface area is 96.3 Å². The predicted molar refractivity (Wildman–Crippen MR) is 64.0 cm³/mol. The number of aliphatic hydroxyl groups is 1. The van der Waals surface area contributed by atoms with E-state index in [9.17, 15) is 5.11 Å². The molecule has 88 valence electrons. The molecule has 0 aliphatic carbocycles. The first-order chi connectivity index (χ1) is 7.78. The molecule has 0 aliphatic rings. The topological polar surface area (TPSA) is 38.7 Å². The molecule has 1 aromatic carbocycles. The number of ether oxygens (including phenoxy) is 2. The first-order valence-corrected chi connectivity index (χ1v) is 5.23. The molecule has 3 heteroatoms. The van der Waals surface area contributed by atoms with Gasteiger partial charge in [0.2, 0.25) is 0 Å². The van der Waals surface area contributed by atoms with Gasteiger partial charge in [-0.1, -0.05) is 12.2 Å². The Hall–Kier alpha value is -1.48. The van der Waals surface area contributed by atoms with Crippen molar-refractivity contribution in [1.29, 1.82) is 0 Å². The number of rotatable bonds is 5. The van der Waals surface area contributed by atoms with Crippen molar-refractivity contribution in [3.05, 3.63) is 35.4 Å². The summed E-state index contributed by atoms with van der Waals surface area (Å²) >= 11 is 0. The lowest BCUT2D eigenvalue weighted by molar-refractivity contribution is 0.271.